The Labute approximate surface area is 283 Å². The van der Waals surface area contributed by atoms with Crippen LogP contribution in [0, 0.1) is 13.8 Å². The SMILES string of the molecule is Cc1cccc(C)c1N(CCC(=O)[O-])CCC(=O)Nc1cccc(-n2nnnc2[S-])c1.[K+].[K+]. The van der Waals surface area contributed by atoms with Crippen molar-refractivity contribution in [1.82, 2.24) is 20.2 Å². The number of nitrogens with one attached hydrogen (secondary N) is 1. The summed E-state index contributed by atoms with van der Waals surface area (Å²) in [7, 11) is 0. The minimum atomic E-state index is -1.12. The summed E-state index contributed by atoms with van der Waals surface area (Å²) in [5, 5.41) is 25.1. The second kappa shape index (κ2) is 15.0. The molecule has 0 radical (unpaired) electrons. The predicted molar refractivity (Wildman–Crippen MR) is 116 cm³/mol. The van der Waals surface area contributed by atoms with E-state index in [2.05, 4.69) is 20.8 Å². The standard InChI is InChI=1S/C21H24N6O3S.2K/c1-14-5-3-6-15(2)20(14)26(12-10-19(29)30)11-9-18(28)22-16-7-4-8-17(13-16)27-21(31)23-24-25-27;;/h3-8,13H,9-12H2,1-2H3,(H,22,28)(H,29,30)(H,23,25,31);;/q;2*+1/p-2. The number of hydrogen-bond acceptors (Lipinski definition) is 8. The molecule has 3 aromatic rings. The van der Waals surface area contributed by atoms with E-state index >= 15 is 0 Å². The second-order valence-corrected chi connectivity index (χ2v) is 7.44. The van der Waals surface area contributed by atoms with Gasteiger partial charge in [0.15, 0.2) is 0 Å². The number of aromatic nitrogens is 4. The molecule has 0 aliphatic rings. The smallest absolute Gasteiger partial charge is 0.738 e. The van der Waals surface area contributed by atoms with Gasteiger partial charge >= 0.3 is 103 Å². The zero-order valence-electron chi connectivity index (χ0n) is 19.2. The van der Waals surface area contributed by atoms with Crippen LogP contribution in [0.15, 0.2) is 47.6 Å². The molecule has 0 spiro atoms. The van der Waals surface area contributed by atoms with Gasteiger partial charge in [-0.2, -0.15) is 0 Å². The van der Waals surface area contributed by atoms with Crippen molar-refractivity contribution in [1.29, 1.82) is 0 Å². The van der Waals surface area contributed by atoms with Gasteiger partial charge in [-0.1, -0.05) is 24.3 Å². The van der Waals surface area contributed by atoms with Crippen LogP contribution in [0.5, 0.6) is 0 Å². The Morgan fingerprint density at radius 2 is 1.70 bits per heavy atom. The topological polar surface area (TPSA) is 116 Å². The fourth-order valence-electron chi connectivity index (χ4n) is 3.38. The molecule has 33 heavy (non-hydrogen) atoms. The number of para-hydroxylation sites is 1. The summed E-state index contributed by atoms with van der Waals surface area (Å²) >= 11 is 5.07. The number of carbonyl (C=O) groups excluding carboxylic acids is 2. The van der Waals surface area contributed by atoms with Crippen LogP contribution in [-0.2, 0) is 22.2 Å². The van der Waals surface area contributed by atoms with E-state index < -0.39 is 5.97 Å². The number of aliphatic carboxylic acids is 1. The van der Waals surface area contributed by atoms with Crippen LogP contribution >= 0.6 is 0 Å². The molecule has 162 valence electrons. The first-order valence-corrected chi connectivity index (χ1v) is 10.1. The number of rotatable bonds is 9. The molecular formula is C21H22K2N6O3S. The monoisotopic (exact) mass is 516 g/mol. The molecule has 9 nitrogen and oxygen atoms in total. The van der Waals surface area contributed by atoms with E-state index in [0.29, 0.717) is 17.9 Å². The number of tetrazole rings is 1. The van der Waals surface area contributed by atoms with Gasteiger partial charge in [0.1, 0.15) is 0 Å². The Bertz CT molecular complexity index is 1080. The van der Waals surface area contributed by atoms with Gasteiger partial charge < -0.3 is 32.7 Å². The molecule has 1 aromatic heterocycles. The van der Waals surface area contributed by atoms with Crippen LogP contribution in [0.4, 0.5) is 11.4 Å². The van der Waals surface area contributed by atoms with Gasteiger partial charge in [-0.15, -0.1) is 5.10 Å². The fraction of sp³-hybridized carbons (Fsp3) is 0.286. The molecule has 1 N–H and O–H groups in total. The number of carboxylic acids is 1. The molecule has 3 rings (SSSR count). The van der Waals surface area contributed by atoms with Crippen LogP contribution in [0.3, 0.4) is 0 Å². The molecule has 1 amide bonds. The van der Waals surface area contributed by atoms with Crippen LogP contribution in [0.1, 0.15) is 24.0 Å². The van der Waals surface area contributed by atoms with Crippen molar-refractivity contribution in [2.45, 2.75) is 31.8 Å². The van der Waals surface area contributed by atoms with Gasteiger partial charge in [0.05, 0.1) is 5.69 Å². The number of hydrogen-bond donors (Lipinski definition) is 1. The van der Waals surface area contributed by atoms with Gasteiger partial charge in [0.2, 0.25) is 5.91 Å². The maximum absolute atomic E-state index is 12.6. The van der Waals surface area contributed by atoms with Gasteiger partial charge in [-0.3, -0.25) is 4.79 Å². The Kier molecular flexibility index (Phi) is 14.0. The molecule has 0 aliphatic heterocycles. The molecule has 1 heterocycles. The van der Waals surface area contributed by atoms with Crippen LogP contribution in [-0.4, -0.2) is 45.2 Å². The van der Waals surface area contributed by atoms with Crippen LogP contribution < -0.4 is 118 Å². The van der Waals surface area contributed by atoms with E-state index in [9.17, 15) is 14.7 Å². The third-order valence-corrected chi connectivity index (χ3v) is 5.02. The quantitative estimate of drug-likeness (QED) is 0.223. The molecule has 2 aromatic carbocycles. The molecule has 0 saturated carbocycles. The average molecular weight is 517 g/mol. The Morgan fingerprint density at radius 3 is 2.30 bits per heavy atom. The van der Waals surface area contributed by atoms with E-state index in [4.69, 9.17) is 12.6 Å². The maximum Gasteiger partial charge on any atom is 1.00 e. The van der Waals surface area contributed by atoms with Crippen LogP contribution in [0.25, 0.3) is 5.69 Å². The Balaban J connectivity index is 0.00000272. The Hall–Kier alpha value is -0.257. The summed E-state index contributed by atoms with van der Waals surface area (Å²) in [6.45, 7) is 4.56. The van der Waals surface area contributed by atoms with Crippen molar-refractivity contribution in [3.05, 3.63) is 53.6 Å². The summed E-state index contributed by atoms with van der Waals surface area (Å²) in [6, 6.07) is 12.9. The molecule has 0 aliphatic carbocycles. The predicted octanol–water partition coefficient (Wildman–Crippen LogP) is -4.83. The van der Waals surface area contributed by atoms with Crippen molar-refractivity contribution >= 4 is 35.9 Å². The third-order valence-electron chi connectivity index (χ3n) is 4.77. The number of benzene rings is 2. The average Bonchev–Trinajstić information content (AvgIpc) is 3.15. The van der Waals surface area contributed by atoms with Gasteiger partial charge in [-0.05, 0) is 53.6 Å². The molecule has 0 atom stereocenters. The van der Waals surface area contributed by atoms with Gasteiger partial charge in [0.25, 0.3) is 0 Å². The number of aryl methyl sites for hydroxylation is 2. The first-order valence-electron chi connectivity index (χ1n) is 9.72. The summed E-state index contributed by atoms with van der Waals surface area (Å²) in [5.41, 5.74) is 4.20. The van der Waals surface area contributed by atoms with E-state index in [1.807, 2.05) is 36.9 Å². The normalized spacial score (nSPS) is 10.0. The van der Waals surface area contributed by atoms with E-state index in [-0.39, 0.29) is 133 Å². The summed E-state index contributed by atoms with van der Waals surface area (Å²) < 4.78 is 1.40. The fourth-order valence-corrected chi connectivity index (χ4v) is 3.56. The van der Waals surface area contributed by atoms with Crippen molar-refractivity contribution in [2.24, 2.45) is 0 Å². The van der Waals surface area contributed by atoms with Crippen molar-refractivity contribution in [3.8, 4) is 5.69 Å². The molecular weight excluding hydrogens is 495 g/mol. The van der Waals surface area contributed by atoms with Crippen molar-refractivity contribution in [2.75, 3.05) is 23.3 Å². The summed E-state index contributed by atoms with van der Waals surface area (Å²) in [5.74, 6) is -1.32. The van der Waals surface area contributed by atoms with Crippen molar-refractivity contribution in [3.63, 3.8) is 0 Å². The van der Waals surface area contributed by atoms with Crippen LogP contribution in [0.2, 0.25) is 0 Å². The minimum Gasteiger partial charge on any atom is -0.738 e. The molecule has 0 bridgehead atoms. The van der Waals surface area contributed by atoms with Crippen molar-refractivity contribution < 1.29 is 117 Å². The zero-order chi connectivity index (χ0) is 22.4. The second-order valence-electron chi connectivity index (χ2n) is 7.07. The summed E-state index contributed by atoms with van der Waals surface area (Å²) in [4.78, 5) is 25.5. The molecule has 0 fully saturated rings. The number of carbonyl (C=O) groups is 2. The first kappa shape index (κ1) is 30.8. The number of amides is 1. The molecule has 0 saturated heterocycles. The maximum atomic E-state index is 12.6. The van der Waals surface area contributed by atoms with E-state index in [1.54, 1.807) is 24.3 Å². The third kappa shape index (κ3) is 9.04. The van der Waals surface area contributed by atoms with Gasteiger partial charge in [0, 0.05) is 48.4 Å². The molecule has 12 heteroatoms. The Morgan fingerprint density at radius 1 is 1.06 bits per heavy atom. The largest absolute Gasteiger partial charge is 1.00 e. The van der Waals surface area contributed by atoms with E-state index in [1.165, 1.54) is 4.68 Å². The minimum absolute atomic E-state index is 0. The number of carboxylic acid groups (broad SMARTS) is 1. The zero-order valence-corrected chi connectivity index (χ0v) is 26.3. The first-order chi connectivity index (χ1) is 14.8. The van der Waals surface area contributed by atoms with Gasteiger partial charge in [-0.25, -0.2) is 4.68 Å². The number of nitrogens with zero attached hydrogens (tertiary/aromatic N) is 5. The number of anilines is 2. The van der Waals surface area contributed by atoms with E-state index in [0.717, 1.165) is 16.8 Å². The molecule has 0 unspecified atom stereocenters. The summed E-state index contributed by atoms with van der Waals surface area (Å²) in [6.07, 6.45) is 0.0645.